The smallest absolute Gasteiger partial charge is 0.232 e. The van der Waals surface area contributed by atoms with Gasteiger partial charge in [-0.1, -0.05) is 38.5 Å². The van der Waals surface area contributed by atoms with Gasteiger partial charge in [-0.15, -0.1) is 0 Å². The van der Waals surface area contributed by atoms with Gasteiger partial charge < -0.3 is 30.2 Å². The number of aliphatic hydroxyl groups excluding tert-OH is 4. The van der Waals surface area contributed by atoms with Crippen LogP contribution in [-0.4, -0.2) is 91.5 Å². The van der Waals surface area contributed by atoms with Crippen LogP contribution in [0.4, 0.5) is 23.5 Å². The average Bonchev–Trinajstić information content (AvgIpc) is 2.82. The molecule has 0 radical (unpaired) electrons. The highest BCUT2D eigenvalue weighted by Crippen LogP contribution is 2.35. The molecule has 2 fully saturated rings. The van der Waals surface area contributed by atoms with Crippen LogP contribution in [0.25, 0.3) is 11.0 Å². The van der Waals surface area contributed by atoms with Crippen molar-refractivity contribution in [1.82, 2.24) is 19.9 Å². The Balaban J connectivity index is 2.01. The zero-order chi connectivity index (χ0) is 28.8. The minimum atomic E-state index is -1.02. The number of anilines is 4. The van der Waals surface area contributed by atoms with Crippen molar-refractivity contribution in [3.63, 3.8) is 0 Å². The van der Waals surface area contributed by atoms with Crippen molar-refractivity contribution in [2.45, 2.75) is 117 Å². The van der Waals surface area contributed by atoms with Gasteiger partial charge >= 0.3 is 0 Å². The molecule has 0 aliphatic carbocycles. The Kier molecular flexibility index (Phi) is 10.6. The first-order chi connectivity index (χ1) is 19.2. The topological polar surface area (TPSA) is 145 Å². The standard InChI is InChI=1S/C28H48N8O4/c1-19(37)35(20(2)38)27-29-23-24(25(31-27)33-15-11-7-5-8-12-16-33)30-28(36(21(3)39)22(4)40)32-26(23)34-17-13-9-6-10-14-18-34/h19-22,37-40H,5-18H2,1-4H3. The van der Waals surface area contributed by atoms with Crippen molar-refractivity contribution in [2.24, 2.45) is 0 Å². The summed E-state index contributed by atoms with van der Waals surface area (Å²) < 4.78 is 0. The first kappa shape index (κ1) is 30.4. The lowest BCUT2D eigenvalue weighted by Gasteiger charge is -2.34. The number of aliphatic hydroxyl groups is 4. The Morgan fingerprint density at radius 1 is 0.475 bits per heavy atom. The van der Waals surface area contributed by atoms with E-state index in [-0.39, 0.29) is 11.9 Å². The van der Waals surface area contributed by atoms with E-state index in [1.807, 2.05) is 0 Å². The Labute approximate surface area is 237 Å². The minimum Gasteiger partial charge on any atom is -0.374 e. The van der Waals surface area contributed by atoms with Gasteiger partial charge in [0.1, 0.15) is 35.9 Å². The van der Waals surface area contributed by atoms with Crippen LogP contribution >= 0.6 is 0 Å². The summed E-state index contributed by atoms with van der Waals surface area (Å²) in [5.74, 6) is 1.65. The van der Waals surface area contributed by atoms with Crippen molar-refractivity contribution in [3.05, 3.63) is 0 Å². The average molecular weight is 561 g/mol. The number of nitrogens with zero attached hydrogens (tertiary/aromatic N) is 8. The highest BCUT2D eigenvalue weighted by molar-refractivity contribution is 5.95. The summed E-state index contributed by atoms with van der Waals surface area (Å²) in [6.07, 6.45) is 6.94. The molecule has 2 aliphatic heterocycles. The molecule has 0 saturated carbocycles. The monoisotopic (exact) mass is 560 g/mol. The molecule has 0 amide bonds. The fourth-order valence-corrected chi connectivity index (χ4v) is 5.85. The maximum atomic E-state index is 10.6. The SMILES string of the molecule is CC(O)N(c1nc(N2CCCCCCC2)c2nc(N(C(C)O)C(C)O)nc(N3CCCCCCC3)c2n1)C(C)O. The number of hydrogen-bond donors (Lipinski definition) is 4. The van der Waals surface area contributed by atoms with E-state index in [4.69, 9.17) is 19.9 Å². The van der Waals surface area contributed by atoms with Gasteiger partial charge in [0.05, 0.1) is 0 Å². The van der Waals surface area contributed by atoms with Crippen LogP contribution in [0.2, 0.25) is 0 Å². The Morgan fingerprint density at radius 2 is 0.750 bits per heavy atom. The third kappa shape index (κ3) is 7.02. The normalized spacial score (nSPS) is 20.6. The van der Waals surface area contributed by atoms with Crippen LogP contribution in [0.5, 0.6) is 0 Å². The van der Waals surface area contributed by atoms with E-state index in [0.717, 1.165) is 77.5 Å². The molecule has 4 heterocycles. The lowest BCUT2D eigenvalue weighted by atomic mass is 10.1. The number of rotatable bonds is 8. The molecule has 2 saturated heterocycles. The second kappa shape index (κ2) is 13.9. The lowest BCUT2D eigenvalue weighted by molar-refractivity contribution is 0.102. The van der Waals surface area contributed by atoms with Crippen LogP contribution in [0.15, 0.2) is 0 Å². The highest BCUT2D eigenvalue weighted by atomic mass is 16.3. The number of hydrogen-bond acceptors (Lipinski definition) is 12. The summed E-state index contributed by atoms with van der Waals surface area (Å²) in [4.78, 5) is 26.8. The summed E-state index contributed by atoms with van der Waals surface area (Å²) in [6.45, 7) is 9.51. The Bertz CT molecular complexity index is 982. The van der Waals surface area contributed by atoms with Crippen molar-refractivity contribution >= 4 is 34.6 Å². The minimum absolute atomic E-state index is 0.210. The molecule has 2 aromatic rings. The van der Waals surface area contributed by atoms with E-state index in [9.17, 15) is 20.4 Å². The van der Waals surface area contributed by atoms with E-state index < -0.39 is 24.9 Å². The van der Waals surface area contributed by atoms with E-state index in [2.05, 4.69) is 9.80 Å². The van der Waals surface area contributed by atoms with Crippen molar-refractivity contribution in [3.8, 4) is 0 Å². The molecule has 0 bridgehead atoms. The van der Waals surface area contributed by atoms with Crippen LogP contribution in [0.1, 0.15) is 91.9 Å². The third-order valence-electron chi connectivity index (χ3n) is 7.87. The van der Waals surface area contributed by atoms with Crippen LogP contribution < -0.4 is 19.6 Å². The summed E-state index contributed by atoms with van der Waals surface area (Å²) in [5.41, 5.74) is 1.07. The van der Waals surface area contributed by atoms with Crippen molar-refractivity contribution in [2.75, 3.05) is 45.8 Å². The predicted octanol–water partition coefficient (Wildman–Crippen LogP) is 2.93. The second-order valence-electron chi connectivity index (χ2n) is 11.2. The Hall–Kier alpha value is -2.54. The maximum Gasteiger partial charge on any atom is 0.232 e. The van der Waals surface area contributed by atoms with Crippen LogP contribution in [0.3, 0.4) is 0 Å². The van der Waals surface area contributed by atoms with Gasteiger partial charge in [0.15, 0.2) is 11.6 Å². The highest BCUT2D eigenvalue weighted by Gasteiger charge is 2.30. The van der Waals surface area contributed by atoms with Gasteiger partial charge in [-0.05, 0) is 53.4 Å². The molecule has 12 nitrogen and oxygen atoms in total. The second-order valence-corrected chi connectivity index (χ2v) is 11.2. The van der Waals surface area contributed by atoms with Crippen LogP contribution in [-0.2, 0) is 0 Å². The van der Waals surface area contributed by atoms with E-state index >= 15 is 0 Å². The molecule has 12 heteroatoms. The molecule has 0 spiro atoms. The molecule has 2 aliphatic rings. The molecule has 4 atom stereocenters. The van der Waals surface area contributed by atoms with Gasteiger partial charge in [0.25, 0.3) is 0 Å². The van der Waals surface area contributed by atoms with Crippen LogP contribution in [0, 0.1) is 0 Å². The molecule has 224 valence electrons. The van der Waals surface area contributed by atoms with Gasteiger partial charge in [-0.25, -0.2) is 9.97 Å². The summed E-state index contributed by atoms with van der Waals surface area (Å²) in [5, 5.41) is 42.3. The van der Waals surface area contributed by atoms with Crippen molar-refractivity contribution in [1.29, 1.82) is 0 Å². The molecule has 2 aromatic heterocycles. The molecule has 40 heavy (non-hydrogen) atoms. The molecule has 4 N–H and O–H groups in total. The first-order valence-corrected chi connectivity index (χ1v) is 15.1. The summed E-state index contributed by atoms with van der Waals surface area (Å²) in [6, 6.07) is 0. The third-order valence-corrected chi connectivity index (χ3v) is 7.87. The van der Waals surface area contributed by atoms with Crippen molar-refractivity contribution < 1.29 is 20.4 Å². The fourth-order valence-electron chi connectivity index (χ4n) is 5.85. The van der Waals surface area contributed by atoms with Gasteiger partial charge in [-0.2, -0.15) is 9.97 Å². The summed E-state index contributed by atoms with van der Waals surface area (Å²) >= 11 is 0. The molecule has 4 rings (SSSR count). The maximum absolute atomic E-state index is 10.6. The first-order valence-electron chi connectivity index (χ1n) is 15.1. The Morgan fingerprint density at radius 3 is 1.02 bits per heavy atom. The zero-order valence-electron chi connectivity index (χ0n) is 24.6. The van der Waals surface area contributed by atoms with Gasteiger partial charge in [-0.3, -0.25) is 9.80 Å². The van der Waals surface area contributed by atoms with E-state index in [1.54, 1.807) is 27.7 Å². The molecule has 4 unspecified atom stereocenters. The molecular formula is C28H48N8O4. The fraction of sp³-hybridized carbons (Fsp3) is 0.786. The quantitative estimate of drug-likeness (QED) is 0.352. The number of aromatic nitrogens is 4. The largest absolute Gasteiger partial charge is 0.374 e. The molecular weight excluding hydrogens is 512 g/mol. The zero-order valence-corrected chi connectivity index (χ0v) is 24.6. The van der Waals surface area contributed by atoms with E-state index in [1.165, 1.54) is 22.6 Å². The summed E-state index contributed by atoms with van der Waals surface area (Å²) in [7, 11) is 0. The van der Waals surface area contributed by atoms with Gasteiger partial charge in [0, 0.05) is 26.2 Å². The van der Waals surface area contributed by atoms with Gasteiger partial charge in [0.2, 0.25) is 11.9 Å². The predicted molar refractivity (Wildman–Crippen MR) is 157 cm³/mol. The van der Waals surface area contributed by atoms with E-state index in [0.29, 0.717) is 22.7 Å². The molecule has 0 aromatic carbocycles. The lowest BCUT2D eigenvalue weighted by Crippen LogP contribution is -2.43. The number of fused-ring (bicyclic) bond motifs is 1.